The molecule has 14 heavy (non-hydrogen) atoms. The highest BCUT2D eigenvalue weighted by Crippen LogP contribution is 2.31. The first kappa shape index (κ1) is 9.05. The molecule has 0 spiro atoms. The second-order valence-corrected chi connectivity index (χ2v) is 3.98. The number of rotatable bonds is 2. The Bertz CT molecular complexity index is 355. The van der Waals surface area contributed by atoms with Crippen LogP contribution in [0, 0.1) is 0 Å². The number of carbonyl (C=O) groups excluding carboxylic acids is 1. The maximum atomic E-state index is 11.6. The minimum Gasteiger partial charge on any atom is -0.368 e. The van der Waals surface area contributed by atoms with Crippen molar-refractivity contribution < 1.29 is 9.32 Å². The zero-order valence-corrected chi connectivity index (χ0v) is 8.04. The van der Waals surface area contributed by atoms with Gasteiger partial charge in [-0.2, -0.15) is 0 Å². The SMILES string of the molecule is CC1(NC(=O)c2cc(N)on2)CCC1. The van der Waals surface area contributed by atoms with Crippen molar-refractivity contribution in [3.63, 3.8) is 0 Å². The van der Waals surface area contributed by atoms with Crippen molar-refractivity contribution in [3.05, 3.63) is 11.8 Å². The molecule has 5 nitrogen and oxygen atoms in total. The van der Waals surface area contributed by atoms with Gasteiger partial charge in [0.1, 0.15) is 0 Å². The molecule has 1 aliphatic rings. The van der Waals surface area contributed by atoms with Gasteiger partial charge < -0.3 is 15.6 Å². The molecular formula is C9H13N3O2. The number of carbonyl (C=O) groups is 1. The fourth-order valence-electron chi connectivity index (χ4n) is 1.57. The van der Waals surface area contributed by atoms with Crippen molar-refractivity contribution >= 4 is 11.8 Å². The van der Waals surface area contributed by atoms with Crippen molar-refractivity contribution in [2.24, 2.45) is 0 Å². The molecule has 5 heteroatoms. The van der Waals surface area contributed by atoms with Crippen LogP contribution < -0.4 is 11.1 Å². The van der Waals surface area contributed by atoms with Crippen LogP contribution in [0.4, 0.5) is 5.88 Å². The van der Waals surface area contributed by atoms with Crippen molar-refractivity contribution in [2.75, 3.05) is 5.73 Å². The van der Waals surface area contributed by atoms with E-state index < -0.39 is 0 Å². The number of anilines is 1. The lowest BCUT2D eigenvalue weighted by atomic mass is 9.78. The average molecular weight is 195 g/mol. The summed E-state index contributed by atoms with van der Waals surface area (Å²) in [6.07, 6.45) is 3.20. The van der Waals surface area contributed by atoms with Crippen molar-refractivity contribution in [2.45, 2.75) is 31.7 Å². The van der Waals surface area contributed by atoms with Crippen LogP contribution in [0.15, 0.2) is 10.6 Å². The van der Waals surface area contributed by atoms with Crippen LogP contribution in [0.25, 0.3) is 0 Å². The van der Waals surface area contributed by atoms with Gasteiger partial charge in [0.05, 0.1) is 0 Å². The third kappa shape index (κ3) is 1.57. The van der Waals surface area contributed by atoms with Crippen LogP contribution in [-0.2, 0) is 0 Å². The van der Waals surface area contributed by atoms with Crippen molar-refractivity contribution in [1.82, 2.24) is 10.5 Å². The maximum Gasteiger partial charge on any atom is 0.273 e. The first-order valence-electron chi connectivity index (χ1n) is 4.64. The van der Waals surface area contributed by atoms with Gasteiger partial charge in [-0.3, -0.25) is 4.79 Å². The number of aromatic nitrogens is 1. The minimum atomic E-state index is -0.215. The van der Waals surface area contributed by atoms with Gasteiger partial charge >= 0.3 is 0 Å². The number of hydrogen-bond donors (Lipinski definition) is 2. The predicted octanol–water partition coefficient (Wildman–Crippen LogP) is 0.929. The molecule has 0 saturated heterocycles. The Kier molecular flexibility index (Phi) is 1.94. The van der Waals surface area contributed by atoms with Gasteiger partial charge in [0.15, 0.2) is 5.69 Å². The van der Waals surface area contributed by atoms with Gasteiger partial charge in [0.2, 0.25) is 5.88 Å². The lowest BCUT2D eigenvalue weighted by Gasteiger charge is -2.38. The molecule has 1 aromatic rings. The number of nitrogens with zero attached hydrogens (tertiary/aromatic N) is 1. The summed E-state index contributed by atoms with van der Waals surface area (Å²) < 4.78 is 4.62. The summed E-state index contributed by atoms with van der Waals surface area (Å²) in [4.78, 5) is 11.6. The van der Waals surface area contributed by atoms with Crippen LogP contribution in [0.5, 0.6) is 0 Å². The summed E-state index contributed by atoms with van der Waals surface area (Å²) in [6.45, 7) is 2.03. The standard InChI is InChI=1S/C9H13N3O2/c1-9(3-2-4-9)11-8(13)6-5-7(10)14-12-6/h5H,2-4,10H2,1H3,(H,11,13). The molecule has 76 valence electrons. The van der Waals surface area contributed by atoms with E-state index in [2.05, 4.69) is 15.0 Å². The molecule has 1 aliphatic carbocycles. The van der Waals surface area contributed by atoms with Gasteiger partial charge in [-0.25, -0.2) is 0 Å². The Morgan fingerprint density at radius 1 is 1.71 bits per heavy atom. The molecule has 1 amide bonds. The normalized spacial score (nSPS) is 18.6. The molecule has 1 aromatic heterocycles. The summed E-state index contributed by atoms with van der Waals surface area (Å²) in [6, 6.07) is 1.43. The topological polar surface area (TPSA) is 81.2 Å². The first-order chi connectivity index (χ1) is 6.59. The molecule has 0 unspecified atom stereocenters. The molecule has 1 saturated carbocycles. The highest BCUT2D eigenvalue weighted by molar-refractivity contribution is 5.93. The molecular weight excluding hydrogens is 182 g/mol. The highest BCUT2D eigenvalue weighted by atomic mass is 16.5. The van der Waals surface area contributed by atoms with E-state index in [4.69, 9.17) is 5.73 Å². The highest BCUT2D eigenvalue weighted by Gasteiger charge is 2.33. The van der Waals surface area contributed by atoms with E-state index >= 15 is 0 Å². The number of nitrogens with two attached hydrogens (primary N) is 1. The largest absolute Gasteiger partial charge is 0.368 e. The average Bonchev–Trinajstić information content (AvgIpc) is 2.49. The molecule has 2 rings (SSSR count). The molecule has 0 aromatic carbocycles. The predicted molar refractivity (Wildman–Crippen MR) is 50.6 cm³/mol. The molecule has 3 N–H and O–H groups in total. The van der Waals surface area contributed by atoms with Gasteiger partial charge in [-0.05, 0) is 26.2 Å². The molecule has 0 atom stereocenters. The van der Waals surface area contributed by atoms with E-state index in [9.17, 15) is 4.79 Å². The second-order valence-electron chi connectivity index (χ2n) is 3.98. The number of hydrogen-bond acceptors (Lipinski definition) is 4. The van der Waals surface area contributed by atoms with Gasteiger partial charge in [0.25, 0.3) is 5.91 Å². The summed E-state index contributed by atoms with van der Waals surface area (Å²) in [5.74, 6) is -0.0541. The molecule has 0 radical (unpaired) electrons. The van der Waals surface area contributed by atoms with Crippen LogP contribution >= 0.6 is 0 Å². The van der Waals surface area contributed by atoms with E-state index in [1.54, 1.807) is 0 Å². The number of nitrogen functional groups attached to an aromatic ring is 1. The fraction of sp³-hybridized carbons (Fsp3) is 0.556. The number of nitrogens with one attached hydrogen (secondary N) is 1. The van der Waals surface area contributed by atoms with Crippen LogP contribution in [0.1, 0.15) is 36.7 Å². The Morgan fingerprint density at radius 3 is 2.86 bits per heavy atom. The monoisotopic (exact) mass is 195 g/mol. The summed E-state index contributed by atoms with van der Waals surface area (Å²) in [7, 11) is 0. The fourth-order valence-corrected chi connectivity index (χ4v) is 1.57. The smallest absolute Gasteiger partial charge is 0.273 e. The van der Waals surface area contributed by atoms with Crippen molar-refractivity contribution in [3.8, 4) is 0 Å². The lowest BCUT2D eigenvalue weighted by molar-refractivity contribution is 0.0841. The van der Waals surface area contributed by atoms with Crippen molar-refractivity contribution in [1.29, 1.82) is 0 Å². The third-order valence-electron chi connectivity index (χ3n) is 2.63. The van der Waals surface area contributed by atoms with E-state index in [-0.39, 0.29) is 23.0 Å². The van der Waals surface area contributed by atoms with Crippen LogP contribution in [0.3, 0.4) is 0 Å². The zero-order chi connectivity index (χ0) is 10.2. The van der Waals surface area contributed by atoms with E-state index in [0.29, 0.717) is 0 Å². The second kappa shape index (κ2) is 3.01. The van der Waals surface area contributed by atoms with Gasteiger partial charge in [0, 0.05) is 11.6 Å². The number of amides is 1. The third-order valence-corrected chi connectivity index (χ3v) is 2.63. The maximum absolute atomic E-state index is 11.6. The van der Waals surface area contributed by atoms with E-state index in [1.807, 2.05) is 6.92 Å². The molecule has 1 fully saturated rings. The summed E-state index contributed by atoms with van der Waals surface area (Å²) in [5, 5.41) is 6.45. The van der Waals surface area contributed by atoms with Gasteiger partial charge in [-0.15, -0.1) is 0 Å². The van der Waals surface area contributed by atoms with Crippen LogP contribution in [0.2, 0.25) is 0 Å². The van der Waals surface area contributed by atoms with E-state index in [1.165, 1.54) is 6.07 Å². The zero-order valence-electron chi connectivity index (χ0n) is 8.04. The molecule has 0 bridgehead atoms. The lowest BCUT2D eigenvalue weighted by Crippen LogP contribution is -2.51. The van der Waals surface area contributed by atoms with E-state index in [0.717, 1.165) is 19.3 Å². The Balaban J connectivity index is 2.02. The van der Waals surface area contributed by atoms with Gasteiger partial charge in [-0.1, -0.05) is 5.16 Å². The summed E-state index contributed by atoms with van der Waals surface area (Å²) >= 11 is 0. The Morgan fingerprint density at radius 2 is 2.43 bits per heavy atom. The quantitative estimate of drug-likeness (QED) is 0.735. The Hall–Kier alpha value is -1.52. The van der Waals surface area contributed by atoms with Crippen LogP contribution in [-0.4, -0.2) is 16.6 Å². The first-order valence-corrected chi connectivity index (χ1v) is 4.64. The minimum absolute atomic E-state index is 0.0647. The Labute approximate surface area is 81.6 Å². The molecule has 0 aliphatic heterocycles. The molecule has 1 heterocycles. The summed E-state index contributed by atoms with van der Waals surface area (Å²) in [5.41, 5.74) is 5.50.